The molecule has 0 heterocycles. The van der Waals surface area contributed by atoms with Gasteiger partial charge in [-0.15, -0.1) is 0 Å². The Balaban J connectivity index is 2.40. The van der Waals surface area contributed by atoms with Crippen LogP contribution in [0.1, 0.15) is 10.4 Å². The lowest BCUT2D eigenvalue weighted by Gasteiger charge is -2.18. The third kappa shape index (κ3) is 4.56. The molecule has 1 N–H and O–H groups in total. The Kier molecular flexibility index (Phi) is 5.82. The van der Waals surface area contributed by atoms with Crippen molar-refractivity contribution in [3.8, 4) is 5.75 Å². The third-order valence-electron chi connectivity index (χ3n) is 3.47. The minimum atomic E-state index is -3.46. The molecule has 0 saturated carbocycles. The van der Waals surface area contributed by atoms with Crippen LogP contribution in [0.5, 0.6) is 5.75 Å². The normalized spacial score (nSPS) is 11.1. The number of methoxy groups -OCH3 is 1. The smallest absolute Gasteiger partial charge is 0.259 e. The first-order chi connectivity index (χ1) is 11.6. The van der Waals surface area contributed by atoms with Crippen molar-refractivity contribution in [1.82, 2.24) is 0 Å². The number of carbonyl (C=O) groups excluding carboxylic acids is 1. The van der Waals surface area contributed by atoms with E-state index >= 15 is 0 Å². The van der Waals surface area contributed by atoms with E-state index in [2.05, 4.69) is 5.32 Å². The summed E-state index contributed by atoms with van der Waals surface area (Å²) in [5, 5.41) is 3.38. The Bertz CT molecular complexity index is 916. The number of anilines is 2. The number of hydrogen-bond donors (Lipinski definition) is 1. The highest BCUT2D eigenvalue weighted by Gasteiger charge is 2.19. The molecular weight excluding hydrogens is 387 g/mol. The van der Waals surface area contributed by atoms with E-state index in [9.17, 15) is 13.2 Å². The Hall–Kier alpha value is -1.96. The van der Waals surface area contributed by atoms with Crippen LogP contribution in [0.4, 0.5) is 11.4 Å². The van der Waals surface area contributed by atoms with Crippen LogP contribution in [-0.4, -0.2) is 34.7 Å². The number of benzene rings is 2. The molecule has 0 spiro atoms. The summed E-state index contributed by atoms with van der Waals surface area (Å²) >= 11 is 11.9. The second-order valence-corrected chi connectivity index (χ2v) is 8.05. The van der Waals surface area contributed by atoms with Crippen molar-refractivity contribution in [2.45, 2.75) is 0 Å². The summed E-state index contributed by atoms with van der Waals surface area (Å²) in [6, 6.07) is 9.17. The van der Waals surface area contributed by atoms with Crippen molar-refractivity contribution in [2.24, 2.45) is 0 Å². The number of carbonyl (C=O) groups is 1. The Morgan fingerprint density at radius 3 is 2.40 bits per heavy atom. The van der Waals surface area contributed by atoms with Gasteiger partial charge in [0.25, 0.3) is 5.91 Å². The van der Waals surface area contributed by atoms with Gasteiger partial charge in [-0.25, -0.2) is 8.42 Å². The van der Waals surface area contributed by atoms with E-state index in [1.54, 1.807) is 18.2 Å². The van der Waals surface area contributed by atoms with Crippen molar-refractivity contribution in [3.63, 3.8) is 0 Å². The summed E-state index contributed by atoms with van der Waals surface area (Å²) in [6.07, 6.45) is 1.07. The topological polar surface area (TPSA) is 75.7 Å². The molecule has 0 fully saturated rings. The summed E-state index contributed by atoms with van der Waals surface area (Å²) in [7, 11) is -0.648. The maximum Gasteiger partial charge on any atom is 0.259 e. The lowest BCUT2D eigenvalue weighted by molar-refractivity contribution is 0.102. The average Bonchev–Trinajstić information content (AvgIpc) is 2.55. The van der Waals surface area contributed by atoms with Gasteiger partial charge in [-0.2, -0.15) is 0 Å². The SMILES string of the molecule is COc1ccc(N(C)S(C)(=O)=O)cc1C(=O)Nc1ccc(Cl)cc1Cl. The van der Waals surface area contributed by atoms with Gasteiger partial charge in [0, 0.05) is 12.1 Å². The zero-order valence-electron chi connectivity index (χ0n) is 13.7. The predicted octanol–water partition coefficient (Wildman–Crippen LogP) is 3.65. The molecule has 0 aliphatic heterocycles. The molecule has 2 aromatic rings. The fourth-order valence-electron chi connectivity index (χ4n) is 2.04. The molecule has 0 radical (unpaired) electrons. The molecule has 0 aliphatic carbocycles. The number of hydrogen-bond acceptors (Lipinski definition) is 4. The van der Waals surface area contributed by atoms with Gasteiger partial charge in [-0.1, -0.05) is 23.2 Å². The monoisotopic (exact) mass is 402 g/mol. The van der Waals surface area contributed by atoms with E-state index in [1.165, 1.54) is 32.4 Å². The summed E-state index contributed by atoms with van der Waals surface area (Å²) in [6.45, 7) is 0. The first-order valence-corrected chi connectivity index (χ1v) is 9.62. The summed E-state index contributed by atoms with van der Waals surface area (Å²) < 4.78 is 29.7. The van der Waals surface area contributed by atoms with Crippen LogP contribution in [-0.2, 0) is 10.0 Å². The van der Waals surface area contributed by atoms with Crippen molar-refractivity contribution < 1.29 is 17.9 Å². The first-order valence-electron chi connectivity index (χ1n) is 7.02. The molecule has 0 saturated heterocycles. The fourth-order valence-corrected chi connectivity index (χ4v) is 2.99. The van der Waals surface area contributed by atoms with Gasteiger partial charge in [0.2, 0.25) is 10.0 Å². The Labute approximate surface area is 156 Å². The maximum atomic E-state index is 12.6. The predicted molar refractivity (Wildman–Crippen MR) is 101 cm³/mol. The highest BCUT2D eigenvalue weighted by atomic mass is 35.5. The van der Waals surface area contributed by atoms with Gasteiger partial charge in [0.1, 0.15) is 5.75 Å². The number of halogens is 2. The number of nitrogens with one attached hydrogen (secondary N) is 1. The maximum absolute atomic E-state index is 12.6. The highest BCUT2D eigenvalue weighted by Crippen LogP contribution is 2.29. The van der Waals surface area contributed by atoms with Crippen LogP contribution in [0.2, 0.25) is 10.0 Å². The number of ether oxygens (including phenoxy) is 1. The van der Waals surface area contributed by atoms with Gasteiger partial charge in [-0.05, 0) is 36.4 Å². The molecule has 0 unspecified atom stereocenters. The molecule has 25 heavy (non-hydrogen) atoms. The molecule has 134 valence electrons. The number of sulfonamides is 1. The first kappa shape index (κ1) is 19.4. The molecule has 0 bridgehead atoms. The standard InChI is InChI=1S/C16H16Cl2N2O4S/c1-20(25(3,22)23)11-5-7-15(24-2)12(9-11)16(21)19-14-6-4-10(17)8-13(14)18/h4-9H,1-3H3,(H,19,21). The zero-order valence-corrected chi connectivity index (χ0v) is 16.0. The summed E-state index contributed by atoms with van der Waals surface area (Å²) in [4.78, 5) is 12.6. The summed E-state index contributed by atoms with van der Waals surface area (Å²) in [5.41, 5.74) is 0.872. The van der Waals surface area contributed by atoms with Crippen molar-refractivity contribution in [1.29, 1.82) is 0 Å². The molecule has 0 atom stereocenters. The molecular formula is C16H16Cl2N2O4S. The average molecular weight is 403 g/mol. The van der Waals surface area contributed by atoms with E-state index < -0.39 is 15.9 Å². The van der Waals surface area contributed by atoms with Crippen LogP contribution >= 0.6 is 23.2 Å². The molecule has 1 amide bonds. The second-order valence-electron chi connectivity index (χ2n) is 5.19. The minimum absolute atomic E-state index is 0.168. The minimum Gasteiger partial charge on any atom is -0.496 e. The van der Waals surface area contributed by atoms with E-state index in [-0.39, 0.29) is 10.6 Å². The fraction of sp³-hybridized carbons (Fsp3) is 0.188. The van der Waals surface area contributed by atoms with Crippen LogP contribution in [0, 0.1) is 0 Å². The van der Waals surface area contributed by atoms with Crippen molar-refractivity contribution in [2.75, 3.05) is 30.0 Å². The Morgan fingerprint density at radius 1 is 1.16 bits per heavy atom. The molecule has 0 aliphatic rings. The van der Waals surface area contributed by atoms with Gasteiger partial charge in [0.15, 0.2) is 0 Å². The van der Waals surface area contributed by atoms with Crippen LogP contribution < -0.4 is 14.4 Å². The third-order valence-corrected chi connectivity index (χ3v) is 5.22. The van der Waals surface area contributed by atoms with E-state index in [0.717, 1.165) is 10.6 Å². The zero-order chi connectivity index (χ0) is 18.8. The van der Waals surface area contributed by atoms with Crippen molar-refractivity contribution >= 4 is 50.5 Å². The molecule has 2 rings (SSSR count). The van der Waals surface area contributed by atoms with Gasteiger partial charge < -0.3 is 10.1 Å². The van der Waals surface area contributed by atoms with Crippen LogP contribution in [0.25, 0.3) is 0 Å². The lowest BCUT2D eigenvalue weighted by Crippen LogP contribution is -2.25. The van der Waals surface area contributed by atoms with Gasteiger partial charge in [0.05, 0.1) is 35.3 Å². The number of rotatable bonds is 5. The molecule has 6 nitrogen and oxygen atoms in total. The van der Waals surface area contributed by atoms with E-state index in [1.807, 2.05) is 0 Å². The number of amides is 1. The molecule has 2 aromatic carbocycles. The number of nitrogens with zero attached hydrogens (tertiary/aromatic N) is 1. The second kappa shape index (κ2) is 7.51. The van der Waals surface area contributed by atoms with Crippen LogP contribution in [0.3, 0.4) is 0 Å². The van der Waals surface area contributed by atoms with Crippen molar-refractivity contribution in [3.05, 3.63) is 52.0 Å². The Morgan fingerprint density at radius 2 is 1.84 bits per heavy atom. The summed E-state index contributed by atoms with van der Waals surface area (Å²) in [5.74, 6) is -0.196. The van der Waals surface area contributed by atoms with E-state index in [0.29, 0.717) is 22.1 Å². The van der Waals surface area contributed by atoms with E-state index in [4.69, 9.17) is 27.9 Å². The largest absolute Gasteiger partial charge is 0.496 e. The quantitative estimate of drug-likeness (QED) is 0.827. The molecule has 9 heteroatoms. The molecule has 0 aromatic heterocycles. The van der Waals surface area contributed by atoms with Gasteiger partial charge in [-0.3, -0.25) is 9.10 Å². The van der Waals surface area contributed by atoms with Gasteiger partial charge >= 0.3 is 0 Å². The lowest BCUT2D eigenvalue weighted by atomic mass is 10.1. The highest BCUT2D eigenvalue weighted by molar-refractivity contribution is 7.92. The van der Waals surface area contributed by atoms with Crippen LogP contribution in [0.15, 0.2) is 36.4 Å².